The number of carboxylic acids is 2. The molecule has 4 N–H and O–H groups in total. The first-order chi connectivity index (χ1) is 18.2. The van der Waals surface area contributed by atoms with E-state index >= 15 is 0 Å². The van der Waals surface area contributed by atoms with Crippen LogP contribution < -0.4 is 10.2 Å². The number of ether oxygens (including phenoxy) is 1. The minimum absolute atomic E-state index is 0.140. The van der Waals surface area contributed by atoms with E-state index in [1.807, 2.05) is 6.07 Å². The van der Waals surface area contributed by atoms with Gasteiger partial charge in [-0.2, -0.15) is 0 Å². The van der Waals surface area contributed by atoms with Gasteiger partial charge in [0.25, 0.3) is 0 Å². The summed E-state index contributed by atoms with van der Waals surface area (Å²) in [7, 11) is 0. The van der Waals surface area contributed by atoms with Gasteiger partial charge in [0.05, 0.1) is 11.6 Å². The Hall–Kier alpha value is -3.82. The van der Waals surface area contributed by atoms with Crippen molar-refractivity contribution in [2.24, 2.45) is 0 Å². The monoisotopic (exact) mass is 544 g/mol. The zero-order chi connectivity index (χ0) is 27.9. The van der Waals surface area contributed by atoms with Crippen LogP contribution in [-0.2, 0) is 32.0 Å². The lowest BCUT2D eigenvalue weighted by Gasteiger charge is -2.27. The lowest BCUT2D eigenvalue weighted by Crippen LogP contribution is -2.22. The summed E-state index contributed by atoms with van der Waals surface area (Å²) < 4.78 is 4.85. The molecule has 1 aliphatic rings. The first-order valence-electron chi connectivity index (χ1n) is 12.3. The van der Waals surface area contributed by atoms with Gasteiger partial charge in [0.1, 0.15) is 5.75 Å². The van der Waals surface area contributed by atoms with Crippen LogP contribution in [-0.4, -0.2) is 59.5 Å². The van der Waals surface area contributed by atoms with E-state index in [9.17, 15) is 19.5 Å². The van der Waals surface area contributed by atoms with Gasteiger partial charge in [0.15, 0.2) is 0 Å². The molecule has 2 aromatic carbocycles. The van der Waals surface area contributed by atoms with Crippen molar-refractivity contribution in [3.8, 4) is 5.75 Å². The number of aromatic hydroxyl groups is 1. The number of hydrogen-bond acceptors (Lipinski definition) is 7. The van der Waals surface area contributed by atoms with Crippen LogP contribution in [0.15, 0.2) is 60.7 Å². The molecule has 0 atom stereocenters. The average Bonchev–Trinajstić information content (AvgIpc) is 3.02. The number of benzene rings is 2. The molecule has 2 aromatic rings. The third kappa shape index (κ3) is 10.3. The number of aryl methyl sites for hydroxylation is 2. The second kappa shape index (κ2) is 16.1. The summed E-state index contributed by atoms with van der Waals surface area (Å²) in [5.74, 6) is -2.68. The van der Waals surface area contributed by atoms with Crippen molar-refractivity contribution in [1.82, 2.24) is 5.32 Å². The molecule has 10 heteroatoms. The van der Waals surface area contributed by atoms with Crippen LogP contribution in [0.4, 0.5) is 11.4 Å². The predicted octanol–water partition coefficient (Wildman–Crippen LogP) is 4.48. The molecule has 0 aromatic heterocycles. The van der Waals surface area contributed by atoms with Crippen molar-refractivity contribution in [2.45, 2.75) is 32.6 Å². The number of unbranched alkanes of at least 4 members (excludes halogenated alkanes) is 1. The van der Waals surface area contributed by atoms with Gasteiger partial charge in [-0.3, -0.25) is 0 Å². The van der Waals surface area contributed by atoms with E-state index in [1.54, 1.807) is 19.1 Å². The average molecular weight is 545 g/mol. The van der Waals surface area contributed by atoms with Gasteiger partial charge >= 0.3 is 17.9 Å². The fourth-order valence-electron chi connectivity index (χ4n) is 3.87. The number of hydrogen-bond donors (Lipinski definition) is 4. The quantitative estimate of drug-likeness (QED) is 0.183. The number of esters is 1. The van der Waals surface area contributed by atoms with Crippen LogP contribution in [0.5, 0.6) is 5.75 Å². The largest absolute Gasteiger partial charge is 0.506 e. The highest BCUT2D eigenvalue weighted by Crippen LogP contribution is 2.40. The molecule has 0 aliphatic carbocycles. The van der Waals surface area contributed by atoms with Gasteiger partial charge in [-0.1, -0.05) is 35.9 Å². The summed E-state index contributed by atoms with van der Waals surface area (Å²) in [6.07, 6.45) is 8.18. The van der Waals surface area contributed by atoms with Crippen molar-refractivity contribution in [3.63, 3.8) is 0 Å². The van der Waals surface area contributed by atoms with Gasteiger partial charge < -0.3 is 30.3 Å². The van der Waals surface area contributed by atoms with E-state index < -0.39 is 11.9 Å². The first kappa shape index (κ1) is 30.4. The molecule has 0 saturated carbocycles. The summed E-state index contributed by atoms with van der Waals surface area (Å²) in [6.45, 7) is 4.56. The third-order valence-corrected chi connectivity index (χ3v) is 5.84. The fraction of sp³-hybridized carbons (Fsp3) is 0.321. The molecule has 0 spiro atoms. The number of carbonyl (C=O) groups is 3. The summed E-state index contributed by atoms with van der Waals surface area (Å²) in [6, 6.07) is 12.2. The highest BCUT2D eigenvalue weighted by atomic mass is 35.5. The lowest BCUT2D eigenvalue weighted by molar-refractivity contribution is -0.137. The maximum absolute atomic E-state index is 11.3. The Morgan fingerprint density at radius 1 is 1.00 bits per heavy atom. The van der Waals surface area contributed by atoms with Crippen LogP contribution in [0.2, 0.25) is 5.02 Å². The number of rotatable bonds is 11. The van der Waals surface area contributed by atoms with Crippen LogP contribution in [0.1, 0.15) is 30.9 Å². The SMILES string of the molecule is CCOC(=O)/C=C/CNCCCCN1c2ccccc2CCc2cc(O)c(Cl)cc21.O=C(O)/C=C\C(=O)O. The lowest BCUT2D eigenvalue weighted by atomic mass is 10.0. The standard InChI is InChI=1S/C24H29ClN2O3.C4H4O4/c1-2-30-24(29)10-7-14-26-13-5-6-15-27-21-9-4-3-8-18(21)11-12-19-16-23(28)20(25)17-22(19)27;5-3(6)1-2-4(7)8/h3-4,7-10,16-17,26,28H,2,5-6,11-15H2,1H3;1-2H,(H,5,6)(H,7,8)/b10-7+;2-1-. The number of nitrogens with one attached hydrogen (secondary N) is 1. The topological polar surface area (TPSA) is 136 Å². The summed E-state index contributed by atoms with van der Waals surface area (Å²) in [5, 5.41) is 29.4. The number of aliphatic carboxylic acids is 2. The molecule has 38 heavy (non-hydrogen) atoms. The Labute approximate surface area is 227 Å². The van der Waals surface area contributed by atoms with Crippen LogP contribution in [0, 0.1) is 0 Å². The highest BCUT2D eigenvalue weighted by Gasteiger charge is 2.21. The zero-order valence-electron chi connectivity index (χ0n) is 21.2. The first-order valence-corrected chi connectivity index (χ1v) is 12.7. The van der Waals surface area contributed by atoms with Crippen LogP contribution in [0.3, 0.4) is 0 Å². The Kier molecular flexibility index (Phi) is 12.9. The van der Waals surface area contributed by atoms with E-state index in [0.717, 1.165) is 50.0 Å². The molecule has 0 bridgehead atoms. The third-order valence-electron chi connectivity index (χ3n) is 5.54. The summed E-state index contributed by atoms with van der Waals surface area (Å²) in [4.78, 5) is 32.7. The maximum Gasteiger partial charge on any atom is 0.330 e. The highest BCUT2D eigenvalue weighted by molar-refractivity contribution is 6.32. The molecule has 0 radical (unpaired) electrons. The molecule has 3 rings (SSSR count). The number of halogens is 1. The van der Waals surface area contributed by atoms with Gasteiger partial charge in [-0.25, -0.2) is 14.4 Å². The molecule has 0 unspecified atom stereocenters. The maximum atomic E-state index is 11.3. The van der Waals surface area contributed by atoms with Crippen molar-refractivity contribution < 1.29 is 34.4 Å². The van der Waals surface area contributed by atoms with Gasteiger partial charge in [-0.15, -0.1) is 0 Å². The Morgan fingerprint density at radius 2 is 1.68 bits per heavy atom. The molecule has 0 fully saturated rings. The van der Waals surface area contributed by atoms with Gasteiger partial charge in [-0.05, 0) is 68.5 Å². The molecular formula is C28H33ClN2O7. The second-order valence-electron chi connectivity index (χ2n) is 8.29. The molecule has 0 amide bonds. The predicted molar refractivity (Wildman–Crippen MR) is 146 cm³/mol. The summed E-state index contributed by atoms with van der Waals surface area (Å²) >= 11 is 6.24. The fourth-order valence-corrected chi connectivity index (χ4v) is 4.02. The second-order valence-corrected chi connectivity index (χ2v) is 8.70. The zero-order valence-corrected chi connectivity index (χ0v) is 22.0. The number of nitrogens with zero attached hydrogens (tertiary/aromatic N) is 1. The van der Waals surface area contributed by atoms with Gasteiger partial charge in [0, 0.05) is 42.7 Å². The minimum Gasteiger partial charge on any atom is -0.506 e. The van der Waals surface area contributed by atoms with Crippen molar-refractivity contribution in [2.75, 3.05) is 31.1 Å². The summed E-state index contributed by atoms with van der Waals surface area (Å²) in [5.41, 5.74) is 4.72. The smallest absolute Gasteiger partial charge is 0.330 e. The number of carbonyl (C=O) groups excluding carboxylic acids is 1. The molecule has 9 nitrogen and oxygen atoms in total. The molecule has 1 aliphatic heterocycles. The molecule has 204 valence electrons. The van der Waals surface area contributed by atoms with E-state index in [4.69, 9.17) is 26.6 Å². The Bertz CT molecular complexity index is 1150. The van der Waals surface area contributed by atoms with Crippen LogP contribution >= 0.6 is 11.6 Å². The molecule has 0 saturated heterocycles. The number of anilines is 2. The normalized spacial score (nSPS) is 12.3. The number of phenolic OH excluding ortho intramolecular Hbond substituents is 1. The molecule has 1 heterocycles. The van der Waals surface area contributed by atoms with Crippen molar-refractivity contribution in [1.29, 1.82) is 0 Å². The van der Waals surface area contributed by atoms with E-state index in [2.05, 4.69) is 34.5 Å². The Morgan fingerprint density at radius 3 is 2.37 bits per heavy atom. The number of fused-ring (bicyclic) bond motifs is 2. The van der Waals surface area contributed by atoms with E-state index in [1.165, 1.54) is 17.3 Å². The van der Waals surface area contributed by atoms with E-state index in [-0.39, 0.29) is 11.7 Å². The van der Waals surface area contributed by atoms with Crippen LogP contribution in [0.25, 0.3) is 0 Å². The number of carboxylic acid groups (broad SMARTS) is 2. The Balaban J connectivity index is 0.000000550. The van der Waals surface area contributed by atoms with Crippen molar-refractivity contribution in [3.05, 3.63) is 76.9 Å². The molecular weight excluding hydrogens is 512 g/mol. The van der Waals surface area contributed by atoms with Gasteiger partial charge in [0.2, 0.25) is 0 Å². The number of phenols is 1. The van der Waals surface area contributed by atoms with Crippen molar-refractivity contribution >= 4 is 40.9 Å². The number of para-hydroxylation sites is 1. The minimum atomic E-state index is -1.26. The van der Waals surface area contributed by atoms with E-state index in [0.29, 0.717) is 30.3 Å².